The Hall–Kier alpha value is -1.54. The van der Waals surface area contributed by atoms with Crippen molar-refractivity contribution in [2.75, 3.05) is 6.54 Å². The van der Waals surface area contributed by atoms with E-state index in [2.05, 4.69) is 8.75 Å². The second kappa shape index (κ2) is 6.07. The highest BCUT2D eigenvalue weighted by molar-refractivity contribution is 7.89. The molecule has 1 aromatic heterocycles. The van der Waals surface area contributed by atoms with Gasteiger partial charge in [0.1, 0.15) is 15.9 Å². The molecule has 0 saturated carbocycles. The average molecular weight is 380 g/mol. The van der Waals surface area contributed by atoms with Crippen molar-refractivity contribution >= 4 is 44.4 Å². The topological polar surface area (TPSA) is 63.2 Å². The molecule has 2 aromatic carbocycles. The Balaban J connectivity index is 1.82. The lowest BCUT2D eigenvalue weighted by Crippen LogP contribution is -2.31. The van der Waals surface area contributed by atoms with Crippen molar-refractivity contribution in [2.24, 2.45) is 0 Å². The van der Waals surface area contributed by atoms with E-state index in [4.69, 9.17) is 11.6 Å². The Bertz CT molecular complexity index is 1000. The van der Waals surface area contributed by atoms with E-state index < -0.39 is 10.0 Å². The molecule has 1 aliphatic heterocycles. The van der Waals surface area contributed by atoms with Gasteiger partial charge in [-0.1, -0.05) is 35.9 Å². The van der Waals surface area contributed by atoms with Gasteiger partial charge in [-0.2, -0.15) is 13.1 Å². The van der Waals surface area contributed by atoms with Gasteiger partial charge in [-0.25, -0.2) is 8.42 Å². The zero-order chi connectivity index (χ0) is 16.7. The molecule has 1 saturated heterocycles. The summed E-state index contributed by atoms with van der Waals surface area (Å²) in [7, 11) is -3.67. The maximum Gasteiger partial charge on any atom is 0.245 e. The van der Waals surface area contributed by atoms with E-state index in [1.54, 1.807) is 28.6 Å². The van der Waals surface area contributed by atoms with Gasteiger partial charge in [0, 0.05) is 11.6 Å². The Kier molecular flexibility index (Phi) is 4.04. The lowest BCUT2D eigenvalue weighted by atomic mass is 10.1. The molecule has 0 bridgehead atoms. The summed E-state index contributed by atoms with van der Waals surface area (Å²) >= 11 is 7.32. The summed E-state index contributed by atoms with van der Waals surface area (Å²) in [6, 6.07) is 12.3. The predicted octanol–water partition coefficient (Wildman–Crippen LogP) is 3.87. The molecule has 2 heterocycles. The van der Waals surface area contributed by atoms with Crippen molar-refractivity contribution in [1.29, 1.82) is 0 Å². The van der Waals surface area contributed by atoms with Crippen molar-refractivity contribution in [3.05, 3.63) is 53.1 Å². The number of nitrogens with zero attached hydrogens (tertiary/aromatic N) is 3. The lowest BCUT2D eigenvalue weighted by Gasteiger charge is -2.25. The summed E-state index contributed by atoms with van der Waals surface area (Å²) in [6.07, 6.45) is 1.56. The monoisotopic (exact) mass is 379 g/mol. The Morgan fingerprint density at radius 1 is 1.12 bits per heavy atom. The van der Waals surface area contributed by atoms with Crippen LogP contribution in [0.5, 0.6) is 0 Å². The zero-order valence-electron chi connectivity index (χ0n) is 12.6. The molecule has 1 fully saturated rings. The summed E-state index contributed by atoms with van der Waals surface area (Å²) < 4.78 is 36.4. The Labute approximate surface area is 149 Å². The zero-order valence-corrected chi connectivity index (χ0v) is 15.0. The normalized spacial score (nSPS) is 19.1. The Morgan fingerprint density at radius 3 is 2.79 bits per heavy atom. The molecule has 0 amide bonds. The second-order valence-corrected chi connectivity index (χ2v) is 8.48. The molecular formula is C16H14ClN3O2S2. The molecule has 0 aliphatic carbocycles. The van der Waals surface area contributed by atoms with Gasteiger partial charge < -0.3 is 0 Å². The van der Waals surface area contributed by atoms with Crippen LogP contribution in [0.3, 0.4) is 0 Å². The van der Waals surface area contributed by atoms with Crippen LogP contribution in [0.1, 0.15) is 24.4 Å². The van der Waals surface area contributed by atoms with Crippen LogP contribution in [0.4, 0.5) is 0 Å². The molecule has 0 spiro atoms. The molecule has 24 heavy (non-hydrogen) atoms. The summed E-state index contributed by atoms with van der Waals surface area (Å²) in [4.78, 5) is 0.215. The summed E-state index contributed by atoms with van der Waals surface area (Å²) in [5, 5.41) is 0.595. The molecule has 1 aliphatic rings. The fourth-order valence-electron chi connectivity index (χ4n) is 3.20. The van der Waals surface area contributed by atoms with Crippen LogP contribution in [-0.4, -0.2) is 28.0 Å². The summed E-state index contributed by atoms with van der Waals surface area (Å²) in [6.45, 7) is 0.478. The quantitative estimate of drug-likeness (QED) is 0.693. The molecule has 4 rings (SSSR count). The number of hydrogen-bond acceptors (Lipinski definition) is 5. The van der Waals surface area contributed by atoms with Gasteiger partial charge in [0.2, 0.25) is 10.0 Å². The van der Waals surface area contributed by atoms with E-state index in [1.165, 1.54) is 0 Å². The minimum Gasteiger partial charge on any atom is -0.207 e. The van der Waals surface area contributed by atoms with Crippen LogP contribution >= 0.6 is 23.3 Å². The van der Waals surface area contributed by atoms with E-state index in [0.717, 1.165) is 30.1 Å². The molecule has 0 N–H and O–H groups in total. The van der Waals surface area contributed by atoms with Crippen molar-refractivity contribution in [3.8, 4) is 0 Å². The highest BCUT2D eigenvalue weighted by Crippen LogP contribution is 2.40. The second-order valence-electron chi connectivity index (χ2n) is 5.68. The number of halogens is 1. The molecule has 1 atom stereocenters. The summed E-state index contributed by atoms with van der Waals surface area (Å²) in [5.74, 6) is 0. The van der Waals surface area contributed by atoms with Gasteiger partial charge in [0.25, 0.3) is 0 Å². The first kappa shape index (κ1) is 16.0. The average Bonchev–Trinajstić information content (AvgIpc) is 3.24. The largest absolute Gasteiger partial charge is 0.245 e. The van der Waals surface area contributed by atoms with Crippen molar-refractivity contribution in [2.45, 2.75) is 23.8 Å². The highest BCUT2D eigenvalue weighted by atomic mass is 35.5. The minimum absolute atomic E-state index is 0.215. The van der Waals surface area contributed by atoms with Crippen LogP contribution in [0.15, 0.2) is 47.4 Å². The first-order valence-electron chi connectivity index (χ1n) is 7.56. The SMILES string of the molecule is O=S(=O)(c1cccc2nsnc12)N1CCC[C@H]1c1ccccc1Cl. The number of hydrogen-bond donors (Lipinski definition) is 0. The van der Waals surface area contributed by atoms with Crippen molar-refractivity contribution in [3.63, 3.8) is 0 Å². The highest BCUT2D eigenvalue weighted by Gasteiger charge is 2.38. The van der Waals surface area contributed by atoms with Gasteiger partial charge in [0.15, 0.2) is 0 Å². The van der Waals surface area contributed by atoms with Crippen LogP contribution < -0.4 is 0 Å². The molecule has 0 radical (unpaired) electrons. The van der Waals surface area contributed by atoms with Crippen LogP contribution in [-0.2, 0) is 10.0 Å². The standard InChI is InChI=1S/C16H14ClN3O2S2/c17-12-6-2-1-5-11(12)14-8-4-10-20(14)24(21,22)15-9-3-7-13-16(15)19-23-18-13/h1-3,5-7,9,14H,4,8,10H2/t14-/m0/s1. The van der Waals surface area contributed by atoms with Crippen LogP contribution in [0.2, 0.25) is 5.02 Å². The number of aromatic nitrogens is 2. The number of sulfonamides is 1. The van der Waals surface area contributed by atoms with Gasteiger partial charge in [0.05, 0.1) is 17.8 Å². The van der Waals surface area contributed by atoms with Crippen molar-refractivity contribution in [1.82, 2.24) is 13.1 Å². The molecule has 124 valence electrons. The first-order chi connectivity index (χ1) is 11.6. The van der Waals surface area contributed by atoms with E-state index in [1.807, 2.05) is 18.2 Å². The van der Waals surface area contributed by atoms with E-state index in [0.29, 0.717) is 22.6 Å². The van der Waals surface area contributed by atoms with E-state index >= 15 is 0 Å². The third-order valence-electron chi connectivity index (χ3n) is 4.30. The van der Waals surface area contributed by atoms with E-state index in [9.17, 15) is 8.42 Å². The number of fused-ring (bicyclic) bond motifs is 1. The maximum atomic E-state index is 13.3. The van der Waals surface area contributed by atoms with Crippen molar-refractivity contribution < 1.29 is 8.42 Å². The van der Waals surface area contributed by atoms with Gasteiger partial charge in [-0.05, 0) is 36.6 Å². The molecular weight excluding hydrogens is 366 g/mol. The molecule has 3 aromatic rings. The number of rotatable bonds is 3. The fraction of sp³-hybridized carbons (Fsp3) is 0.250. The van der Waals surface area contributed by atoms with Crippen LogP contribution in [0, 0.1) is 0 Å². The third-order valence-corrected chi connectivity index (χ3v) is 7.13. The van der Waals surface area contributed by atoms with Gasteiger partial charge >= 0.3 is 0 Å². The third kappa shape index (κ3) is 2.52. The lowest BCUT2D eigenvalue weighted by molar-refractivity contribution is 0.397. The summed E-state index contributed by atoms with van der Waals surface area (Å²) in [5.41, 5.74) is 1.89. The van der Waals surface area contributed by atoms with E-state index in [-0.39, 0.29) is 10.9 Å². The minimum atomic E-state index is -3.67. The molecule has 8 heteroatoms. The van der Waals surface area contributed by atoms with Gasteiger partial charge in [-0.3, -0.25) is 0 Å². The predicted molar refractivity (Wildman–Crippen MR) is 94.7 cm³/mol. The Morgan fingerprint density at radius 2 is 1.96 bits per heavy atom. The van der Waals surface area contributed by atoms with Gasteiger partial charge in [-0.15, -0.1) is 0 Å². The fourth-order valence-corrected chi connectivity index (χ4v) is 5.89. The number of benzene rings is 2. The van der Waals surface area contributed by atoms with Crippen LogP contribution in [0.25, 0.3) is 11.0 Å². The first-order valence-corrected chi connectivity index (χ1v) is 10.1. The molecule has 0 unspecified atom stereocenters. The maximum absolute atomic E-state index is 13.3. The molecule has 5 nitrogen and oxygen atoms in total. The smallest absolute Gasteiger partial charge is 0.207 e.